The summed E-state index contributed by atoms with van der Waals surface area (Å²) in [5, 5.41) is 21.8. The van der Waals surface area contributed by atoms with Gasteiger partial charge in [0.25, 0.3) is 0 Å². The molecule has 0 saturated heterocycles. The average Bonchev–Trinajstić information content (AvgIpc) is 3.03. The van der Waals surface area contributed by atoms with Gasteiger partial charge >= 0.3 is 11.0 Å². The first kappa shape index (κ1) is 18.2. The number of oxime groups is 1. The monoisotopic (exact) mass is 367 g/mol. The van der Waals surface area contributed by atoms with Gasteiger partial charge in [0.1, 0.15) is 10.9 Å². The lowest BCUT2D eigenvalue weighted by Crippen LogP contribution is -2.39. The van der Waals surface area contributed by atoms with Crippen LogP contribution >= 0.6 is 0 Å². The summed E-state index contributed by atoms with van der Waals surface area (Å²) in [5.41, 5.74) is 6.80. The molecule has 2 N–H and O–H groups in total. The molecule has 26 heavy (non-hydrogen) atoms. The second-order valence-corrected chi connectivity index (χ2v) is 4.63. The highest BCUT2D eigenvalue weighted by Gasteiger charge is 2.22. The summed E-state index contributed by atoms with van der Waals surface area (Å²) in [4.78, 5) is 33.0. The van der Waals surface area contributed by atoms with Gasteiger partial charge in [0.05, 0.1) is 30.5 Å². The molecule has 2 rings (SSSR count). The van der Waals surface area contributed by atoms with Gasteiger partial charge < -0.3 is 15.0 Å². The molecule has 1 heterocycles. The minimum atomic E-state index is -1.25. The number of imidazole rings is 1. The molecule has 0 bridgehead atoms. The van der Waals surface area contributed by atoms with Gasteiger partial charge in [-0.05, 0) is 19.1 Å². The number of hydrogen-bond acceptors (Lipinski definition) is 9. The summed E-state index contributed by atoms with van der Waals surface area (Å²) >= 11 is 0. The molecule has 0 spiro atoms. The number of benzene rings is 1. The number of hydrogen-bond donors (Lipinski definition) is 1. The standard InChI is InChI=1S/C12H13N7O7/c1-8-6-16(7-14-8)10-4-3-9(5-11(10)24-2)17(26-19(22)23)12(13)15-25-18(20)21/h3-7H,1-2H3,(H2,13,15). The Morgan fingerprint density at radius 1 is 1.35 bits per heavy atom. The number of nitrogens with two attached hydrogens (primary N) is 1. The molecule has 0 fully saturated rings. The van der Waals surface area contributed by atoms with Crippen molar-refractivity contribution < 1.29 is 24.8 Å². The third-order valence-corrected chi connectivity index (χ3v) is 2.95. The van der Waals surface area contributed by atoms with E-state index in [1.54, 1.807) is 30.1 Å². The van der Waals surface area contributed by atoms with Crippen LogP contribution in [-0.2, 0) is 9.88 Å². The summed E-state index contributed by atoms with van der Waals surface area (Å²) in [5.74, 6) is -0.494. The lowest BCUT2D eigenvalue weighted by Gasteiger charge is -2.18. The summed E-state index contributed by atoms with van der Waals surface area (Å²) < 4.78 is 6.93. The molecule has 1 aromatic heterocycles. The van der Waals surface area contributed by atoms with Crippen molar-refractivity contribution in [3.05, 3.63) is 56.6 Å². The predicted octanol–water partition coefficient (Wildman–Crippen LogP) is 0.557. The summed E-state index contributed by atoms with van der Waals surface area (Å²) in [6, 6.07) is 4.29. The van der Waals surface area contributed by atoms with E-state index in [2.05, 4.69) is 20.0 Å². The van der Waals surface area contributed by atoms with Gasteiger partial charge in [0, 0.05) is 12.3 Å². The van der Waals surface area contributed by atoms with E-state index >= 15 is 0 Å². The second-order valence-electron chi connectivity index (χ2n) is 4.63. The Morgan fingerprint density at radius 2 is 2.08 bits per heavy atom. The molecule has 0 unspecified atom stereocenters. The van der Waals surface area contributed by atoms with Crippen LogP contribution in [0.3, 0.4) is 0 Å². The molecule has 1 aromatic carbocycles. The molecule has 138 valence electrons. The van der Waals surface area contributed by atoms with Crippen LogP contribution in [0.1, 0.15) is 5.69 Å². The number of anilines is 1. The molecule has 0 amide bonds. The van der Waals surface area contributed by atoms with Gasteiger partial charge in [-0.15, -0.1) is 15.2 Å². The number of hydroxylamine groups is 1. The molecule has 2 aromatic rings. The molecule has 0 aliphatic carbocycles. The van der Waals surface area contributed by atoms with Crippen molar-refractivity contribution in [2.45, 2.75) is 6.92 Å². The van der Waals surface area contributed by atoms with Crippen LogP contribution in [0.5, 0.6) is 5.75 Å². The Labute approximate surface area is 145 Å². The van der Waals surface area contributed by atoms with E-state index in [0.717, 1.165) is 5.69 Å². The van der Waals surface area contributed by atoms with Crippen molar-refractivity contribution >= 4 is 11.6 Å². The summed E-state index contributed by atoms with van der Waals surface area (Å²) in [6.45, 7) is 1.80. The van der Waals surface area contributed by atoms with Gasteiger partial charge in [-0.3, -0.25) is 0 Å². The Kier molecular flexibility index (Phi) is 5.36. The van der Waals surface area contributed by atoms with E-state index in [1.165, 1.54) is 19.2 Å². The van der Waals surface area contributed by atoms with Gasteiger partial charge in [-0.1, -0.05) is 0 Å². The Hall–Kier alpha value is -4.10. The SMILES string of the molecule is COc1cc(N(O[N+](=O)[O-])/C(N)=N/O[N+](=O)[O-])ccc1-n1cnc(C)c1. The van der Waals surface area contributed by atoms with E-state index < -0.39 is 16.1 Å². The molecular weight excluding hydrogens is 354 g/mol. The number of guanidine groups is 1. The van der Waals surface area contributed by atoms with Crippen molar-refractivity contribution in [3.63, 3.8) is 0 Å². The Bertz CT molecular complexity index is 850. The predicted molar refractivity (Wildman–Crippen MR) is 85.1 cm³/mol. The van der Waals surface area contributed by atoms with Crippen molar-refractivity contribution in [1.29, 1.82) is 0 Å². The maximum absolute atomic E-state index is 10.7. The van der Waals surface area contributed by atoms with Crippen LogP contribution in [0, 0.1) is 27.2 Å². The van der Waals surface area contributed by atoms with Gasteiger partial charge in [-0.25, -0.2) is 15.1 Å². The zero-order chi connectivity index (χ0) is 19.3. The first-order valence-corrected chi connectivity index (χ1v) is 6.78. The zero-order valence-corrected chi connectivity index (χ0v) is 13.5. The van der Waals surface area contributed by atoms with Crippen molar-refractivity contribution in [1.82, 2.24) is 9.55 Å². The molecule has 14 nitrogen and oxygen atoms in total. The van der Waals surface area contributed by atoms with E-state index in [-0.39, 0.29) is 5.69 Å². The van der Waals surface area contributed by atoms with Gasteiger partial charge in [-0.2, -0.15) is 9.88 Å². The molecular formula is C12H13N7O7. The number of aryl methyl sites for hydroxylation is 1. The molecule has 14 heteroatoms. The maximum atomic E-state index is 10.7. The fraction of sp³-hybridized carbons (Fsp3) is 0.167. The maximum Gasteiger partial charge on any atom is 0.372 e. The third-order valence-electron chi connectivity index (χ3n) is 2.95. The first-order chi connectivity index (χ1) is 12.3. The fourth-order valence-electron chi connectivity index (χ4n) is 1.96. The number of rotatable bonds is 7. The number of aromatic nitrogens is 2. The first-order valence-electron chi connectivity index (χ1n) is 6.78. The smallest absolute Gasteiger partial charge is 0.372 e. The lowest BCUT2D eigenvalue weighted by molar-refractivity contribution is -0.762. The van der Waals surface area contributed by atoms with E-state index in [1.807, 2.05) is 0 Å². The quantitative estimate of drug-likeness (QED) is 0.315. The molecule has 0 aliphatic rings. The fourth-order valence-corrected chi connectivity index (χ4v) is 1.96. The van der Waals surface area contributed by atoms with E-state index in [4.69, 9.17) is 10.5 Å². The summed E-state index contributed by atoms with van der Waals surface area (Å²) in [6.07, 6.45) is 3.29. The minimum Gasteiger partial charge on any atom is -0.494 e. The molecule has 0 aliphatic heterocycles. The molecule has 0 radical (unpaired) electrons. The van der Waals surface area contributed by atoms with Crippen molar-refractivity contribution in [2.24, 2.45) is 10.9 Å². The minimum absolute atomic E-state index is 0.00679. The Morgan fingerprint density at radius 3 is 2.62 bits per heavy atom. The number of methoxy groups -OCH3 is 1. The highest BCUT2D eigenvalue weighted by atomic mass is 17.0. The van der Waals surface area contributed by atoms with E-state index in [0.29, 0.717) is 16.5 Å². The van der Waals surface area contributed by atoms with Gasteiger partial charge in [0.15, 0.2) is 5.09 Å². The normalized spacial score (nSPS) is 10.9. The van der Waals surface area contributed by atoms with Crippen LogP contribution in [0.4, 0.5) is 5.69 Å². The van der Waals surface area contributed by atoms with Crippen LogP contribution in [0.15, 0.2) is 35.9 Å². The van der Waals surface area contributed by atoms with Gasteiger partial charge in [0.2, 0.25) is 0 Å². The third kappa shape index (κ3) is 4.25. The highest BCUT2D eigenvalue weighted by Crippen LogP contribution is 2.29. The van der Waals surface area contributed by atoms with Crippen molar-refractivity contribution in [3.8, 4) is 11.4 Å². The van der Waals surface area contributed by atoms with Crippen LogP contribution in [0.25, 0.3) is 5.69 Å². The average molecular weight is 367 g/mol. The molecule has 0 atom stereocenters. The highest BCUT2D eigenvalue weighted by molar-refractivity contribution is 5.92. The van der Waals surface area contributed by atoms with Crippen LogP contribution < -0.4 is 15.5 Å². The second kappa shape index (κ2) is 7.65. The Balaban J connectivity index is 2.43. The topological polar surface area (TPSA) is 173 Å². The van der Waals surface area contributed by atoms with Crippen LogP contribution in [-0.4, -0.2) is 32.8 Å². The molecule has 0 saturated carbocycles. The summed E-state index contributed by atoms with van der Waals surface area (Å²) in [7, 11) is 1.39. The lowest BCUT2D eigenvalue weighted by atomic mass is 10.2. The van der Waals surface area contributed by atoms with Crippen molar-refractivity contribution in [2.75, 3.05) is 12.2 Å². The number of nitrogens with zero attached hydrogens (tertiary/aromatic N) is 6. The largest absolute Gasteiger partial charge is 0.494 e. The van der Waals surface area contributed by atoms with Crippen LogP contribution in [0.2, 0.25) is 0 Å². The zero-order valence-electron chi connectivity index (χ0n) is 13.5. The number of ether oxygens (including phenoxy) is 1. The van der Waals surface area contributed by atoms with E-state index in [9.17, 15) is 20.2 Å².